The fraction of sp³-hybridized carbons (Fsp3) is 0. The Balaban J connectivity index is 2.32. The van der Waals surface area contributed by atoms with E-state index in [0.29, 0.717) is 21.4 Å². The maximum atomic E-state index is 6.07. The molecule has 2 aromatic carbocycles. The molecule has 0 spiro atoms. The molecule has 1 nitrogen and oxygen atoms in total. The molecule has 0 bridgehead atoms. The second-order valence-corrected chi connectivity index (χ2v) is 4.23. The molecule has 0 amide bonds. The van der Waals surface area contributed by atoms with E-state index in [2.05, 4.69) is 6.58 Å². The van der Waals surface area contributed by atoms with Gasteiger partial charge < -0.3 is 4.74 Å². The van der Waals surface area contributed by atoms with Gasteiger partial charge in [-0.3, -0.25) is 0 Å². The van der Waals surface area contributed by atoms with Gasteiger partial charge in [0, 0.05) is 17.7 Å². The zero-order valence-electron chi connectivity index (χ0n) is 8.99. The number of ether oxygens (including phenoxy) is 1. The van der Waals surface area contributed by atoms with E-state index in [1.165, 1.54) is 0 Å². The van der Waals surface area contributed by atoms with Crippen LogP contribution >= 0.6 is 23.2 Å². The van der Waals surface area contributed by atoms with E-state index in [4.69, 9.17) is 27.9 Å². The van der Waals surface area contributed by atoms with Gasteiger partial charge in [-0.1, -0.05) is 54.1 Å². The maximum Gasteiger partial charge on any atom is 0.130 e. The summed E-state index contributed by atoms with van der Waals surface area (Å²) >= 11 is 12.1. The monoisotopic (exact) mass is 264 g/mol. The Morgan fingerprint density at radius 2 is 1.53 bits per heavy atom. The van der Waals surface area contributed by atoms with Crippen LogP contribution < -0.4 is 4.74 Å². The lowest BCUT2D eigenvalue weighted by Gasteiger charge is -2.08. The molecule has 0 aliphatic rings. The van der Waals surface area contributed by atoms with Crippen molar-refractivity contribution in [3.63, 3.8) is 0 Å². The van der Waals surface area contributed by atoms with Crippen LogP contribution in [0.2, 0.25) is 10.0 Å². The van der Waals surface area contributed by atoms with E-state index in [1.807, 2.05) is 30.3 Å². The van der Waals surface area contributed by atoms with Crippen LogP contribution in [0.4, 0.5) is 0 Å². The first-order valence-corrected chi connectivity index (χ1v) is 5.80. The van der Waals surface area contributed by atoms with Gasteiger partial charge in [-0.2, -0.15) is 0 Å². The zero-order valence-corrected chi connectivity index (χ0v) is 10.5. The minimum Gasteiger partial charge on any atom is -0.457 e. The quantitative estimate of drug-likeness (QED) is 0.719. The van der Waals surface area contributed by atoms with Crippen molar-refractivity contribution >= 4 is 29.3 Å². The summed E-state index contributed by atoms with van der Waals surface area (Å²) < 4.78 is 5.64. The van der Waals surface area contributed by atoms with Gasteiger partial charge in [0.15, 0.2) is 0 Å². The lowest BCUT2D eigenvalue weighted by Crippen LogP contribution is -1.86. The molecule has 2 rings (SSSR count). The number of halogens is 2. The molecule has 0 fully saturated rings. The first-order valence-electron chi connectivity index (χ1n) is 5.05. The Labute approximate surface area is 110 Å². The van der Waals surface area contributed by atoms with E-state index in [1.54, 1.807) is 18.2 Å². The minimum atomic E-state index is 0.526. The molecular formula is C14H10Cl2O. The van der Waals surface area contributed by atoms with Gasteiger partial charge in [-0.15, -0.1) is 0 Å². The SMILES string of the molecule is C=Cc1c(Cl)cc(Oc2ccccc2)cc1Cl. The van der Waals surface area contributed by atoms with Crippen molar-refractivity contribution in [1.29, 1.82) is 0 Å². The summed E-state index contributed by atoms with van der Waals surface area (Å²) in [5, 5.41) is 1.05. The standard InChI is InChI=1S/C14H10Cl2O/c1-2-12-13(15)8-11(9-14(12)16)17-10-6-4-3-5-7-10/h2-9H,1H2. The van der Waals surface area contributed by atoms with Gasteiger partial charge >= 0.3 is 0 Å². The lowest BCUT2D eigenvalue weighted by molar-refractivity contribution is 0.483. The van der Waals surface area contributed by atoms with Crippen LogP contribution in [0, 0.1) is 0 Å². The normalized spacial score (nSPS) is 10.0. The third-order valence-corrected chi connectivity index (χ3v) is 2.86. The summed E-state index contributed by atoms with van der Waals surface area (Å²) in [7, 11) is 0. The molecule has 0 unspecified atom stereocenters. The van der Waals surface area contributed by atoms with Crippen molar-refractivity contribution in [1.82, 2.24) is 0 Å². The van der Waals surface area contributed by atoms with E-state index in [0.717, 1.165) is 5.75 Å². The molecule has 86 valence electrons. The van der Waals surface area contributed by atoms with Crippen LogP contribution in [0.1, 0.15) is 5.56 Å². The predicted molar refractivity (Wildman–Crippen MR) is 73.1 cm³/mol. The Morgan fingerprint density at radius 1 is 0.941 bits per heavy atom. The van der Waals surface area contributed by atoms with Crippen LogP contribution in [0.3, 0.4) is 0 Å². The van der Waals surface area contributed by atoms with E-state index >= 15 is 0 Å². The molecule has 2 aromatic rings. The molecule has 0 saturated heterocycles. The summed E-state index contributed by atoms with van der Waals surface area (Å²) in [5.74, 6) is 1.35. The zero-order chi connectivity index (χ0) is 12.3. The summed E-state index contributed by atoms with van der Waals surface area (Å²) in [6.45, 7) is 3.66. The molecule has 0 aliphatic heterocycles. The minimum absolute atomic E-state index is 0.526. The average Bonchev–Trinajstić information content (AvgIpc) is 2.30. The smallest absolute Gasteiger partial charge is 0.130 e. The van der Waals surface area contributed by atoms with Gasteiger partial charge in [0.05, 0.1) is 10.0 Å². The van der Waals surface area contributed by atoms with Crippen LogP contribution in [0.5, 0.6) is 11.5 Å². The molecule has 0 atom stereocenters. The highest BCUT2D eigenvalue weighted by Gasteiger charge is 2.06. The molecule has 0 N–H and O–H groups in total. The van der Waals surface area contributed by atoms with Crippen molar-refractivity contribution in [3.05, 3.63) is 64.7 Å². The van der Waals surface area contributed by atoms with Crippen molar-refractivity contribution < 1.29 is 4.74 Å². The first kappa shape index (κ1) is 12.0. The highest BCUT2D eigenvalue weighted by atomic mass is 35.5. The molecule has 0 radical (unpaired) electrons. The van der Waals surface area contributed by atoms with Gasteiger partial charge in [0.1, 0.15) is 11.5 Å². The van der Waals surface area contributed by atoms with Crippen LogP contribution in [0.15, 0.2) is 49.0 Å². The third-order valence-electron chi connectivity index (χ3n) is 2.24. The maximum absolute atomic E-state index is 6.07. The third kappa shape index (κ3) is 2.82. The topological polar surface area (TPSA) is 9.23 Å². The highest BCUT2D eigenvalue weighted by Crippen LogP contribution is 2.33. The van der Waals surface area contributed by atoms with E-state index in [-0.39, 0.29) is 0 Å². The fourth-order valence-corrected chi connectivity index (χ4v) is 2.06. The summed E-state index contributed by atoms with van der Waals surface area (Å²) in [4.78, 5) is 0. The summed E-state index contributed by atoms with van der Waals surface area (Å²) in [6, 6.07) is 12.9. The molecule has 3 heteroatoms. The first-order chi connectivity index (χ1) is 8.20. The van der Waals surface area contributed by atoms with Gasteiger partial charge in [-0.05, 0) is 12.1 Å². The number of para-hydroxylation sites is 1. The van der Waals surface area contributed by atoms with Gasteiger partial charge in [0.25, 0.3) is 0 Å². The molecule has 0 saturated carbocycles. The highest BCUT2D eigenvalue weighted by molar-refractivity contribution is 6.37. The number of hydrogen-bond donors (Lipinski definition) is 0. The van der Waals surface area contributed by atoms with Crippen LogP contribution in [-0.4, -0.2) is 0 Å². The predicted octanol–water partition coefficient (Wildman–Crippen LogP) is 5.43. The largest absolute Gasteiger partial charge is 0.457 e. The summed E-state index contributed by atoms with van der Waals surface area (Å²) in [5.41, 5.74) is 0.716. The average molecular weight is 265 g/mol. The fourth-order valence-electron chi connectivity index (χ4n) is 1.44. The Morgan fingerprint density at radius 3 is 2.06 bits per heavy atom. The van der Waals surface area contributed by atoms with Crippen molar-refractivity contribution in [2.24, 2.45) is 0 Å². The van der Waals surface area contributed by atoms with Gasteiger partial charge in [0.2, 0.25) is 0 Å². The lowest BCUT2D eigenvalue weighted by atomic mass is 10.2. The summed E-state index contributed by atoms with van der Waals surface area (Å²) in [6.07, 6.45) is 1.62. The second kappa shape index (κ2) is 5.26. The van der Waals surface area contributed by atoms with Crippen LogP contribution in [0.25, 0.3) is 6.08 Å². The van der Waals surface area contributed by atoms with E-state index < -0.39 is 0 Å². The Kier molecular flexibility index (Phi) is 3.72. The van der Waals surface area contributed by atoms with Crippen LogP contribution in [-0.2, 0) is 0 Å². The second-order valence-electron chi connectivity index (χ2n) is 3.42. The molecule has 0 heterocycles. The van der Waals surface area contributed by atoms with Gasteiger partial charge in [-0.25, -0.2) is 0 Å². The Bertz CT molecular complexity index is 512. The van der Waals surface area contributed by atoms with Crippen molar-refractivity contribution in [2.75, 3.05) is 0 Å². The number of rotatable bonds is 3. The Hall–Kier alpha value is -1.44. The molecule has 0 aliphatic carbocycles. The molecule has 0 aromatic heterocycles. The van der Waals surface area contributed by atoms with Crippen molar-refractivity contribution in [2.45, 2.75) is 0 Å². The van der Waals surface area contributed by atoms with E-state index in [9.17, 15) is 0 Å². The van der Waals surface area contributed by atoms with Crippen molar-refractivity contribution in [3.8, 4) is 11.5 Å². The molecule has 17 heavy (non-hydrogen) atoms. The number of hydrogen-bond acceptors (Lipinski definition) is 1. The number of benzene rings is 2. The molecular weight excluding hydrogens is 255 g/mol.